The fourth-order valence-electron chi connectivity index (χ4n) is 3.68. The number of rotatable bonds is 5. The van der Waals surface area contributed by atoms with Gasteiger partial charge in [0.1, 0.15) is 5.82 Å². The normalized spacial score (nSPS) is 22.4. The fourth-order valence-corrected chi connectivity index (χ4v) is 3.68. The number of aromatic nitrogens is 3. The van der Waals surface area contributed by atoms with E-state index in [2.05, 4.69) is 45.0 Å². The van der Waals surface area contributed by atoms with Gasteiger partial charge in [-0.25, -0.2) is 9.78 Å². The van der Waals surface area contributed by atoms with Crippen molar-refractivity contribution in [2.24, 2.45) is 0 Å². The first-order valence-corrected chi connectivity index (χ1v) is 9.88. The maximum atomic E-state index is 12.3. The number of fused-ring (bicyclic) bond motifs is 1. The zero-order valence-electron chi connectivity index (χ0n) is 16.8. The number of carbonyl (C=O) groups is 1. The zero-order valence-corrected chi connectivity index (χ0v) is 16.8. The van der Waals surface area contributed by atoms with Crippen LogP contribution in [0, 0.1) is 0 Å². The number of carbonyl (C=O) groups excluding carboxylic acids is 1. The summed E-state index contributed by atoms with van der Waals surface area (Å²) in [5.74, 6) is 1.20. The third-order valence-electron chi connectivity index (χ3n) is 5.26. The maximum Gasteiger partial charge on any atom is 0.320 e. The van der Waals surface area contributed by atoms with Crippen LogP contribution in [0.3, 0.4) is 0 Å². The van der Waals surface area contributed by atoms with E-state index in [1.807, 2.05) is 37.3 Å². The van der Waals surface area contributed by atoms with E-state index in [-0.39, 0.29) is 30.3 Å². The molecule has 0 bridgehead atoms. The van der Waals surface area contributed by atoms with Crippen molar-refractivity contribution in [1.29, 1.82) is 0 Å². The van der Waals surface area contributed by atoms with Crippen molar-refractivity contribution in [3.63, 3.8) is 0 Å². The first-order chi connectivity index (χ1) is 14.0. The molecule has 2 amide bonds. The zero-order chi connectivity index (χ0) is 20.4. The topological polar surface area (TPSA) is 104 Å². The van der Waals surface area contributed by atoms with Crippen molar-refractivity contribution in [3.05, 3.63) is 48.2 Å². The molecule has 1 aromatic carbocycles. The summed E-state index contributed by atoms with van der Waals surface area (Å²) in [7, 11) is 0. The van der Waals surface area contributed by atoms with E-state index in [1.165, 1.54) is 0 Å². The van der Waals surface area contributed by atoms with Crippen molar-refractivity contribution in [3.8, 4) is 0 Å². The van der Waals surface area contributed by atoms with Gasteiger partial charge in [-0.1, -0.05) is 30.3 Å². The van der Waals surface area contributed by atoms with Crippen LogP contribution in [0.4, 0.5) is 16.4 Å². The summed E-state index contributed by atoms with van der Waals surface area (Å²) in [5, 5.41) is 17.4. The van der Waals surface area contributed by atoms with Crippen molar-refractivity contribution in [2.75, 3.05) is 10.6 Å². The van der Waals surface area contributed by atoms with Gasteiger partial charge in [0, 0.05) is 12.3 Å². The van der Waals surface area contributed by atoms with Crippen LogP contribution in [0.2, 0.25) is 0 Å². The van der Waals surface area contributed by atoms with Gasteiger partial charge in [-0.15, -0.1) is 0 Å². The highest BCUT2D eigenvalue weighted by molar-refractivity contribution is 5.94. The van der Waals surface area contributed by atoms with Crippen LogP contribution in [-0.2, 0) is 4.74 Å². The first kappa shape index (κ1) is 19.2. The molecule has 8 heteroatoms. The molecule has 2 aromatic heterocycles. The molecule has 4 rings (SSSR count). The Morgan fingerprint density at radius 2 is 2.07 bits per heavy atom. The van der Waals surface area contributed by atoms with Gasteiger partial charge in [0.05, 0.1) is 35.2 Å². The molecule has 1 saturated heterocycles. The Labute approximate surface area is 169 Å². The Kier molecular flexibility index (Phi) is 5.35. The highest BCUT2D eigenvalue weighted by atomic mass is 16.5. The Bertz CT molecular complexity index is 989. The van der Waals surface area contributed by atoms with E-state index < -0.39 is 0 Å². The highest BCUT2D eigenvalue weighted by Crippen LogP contribution is 2.27. The summed E-state index contributed by atoms with van der Waals surface area (Å²) >= 11 is 0. The molecule has 0 radical (unpaired) electrons. The van der Waals surface area contributed by atoms with Gasteiger partial charge >= 0.3 is 6.03 Å². The maximum absolute atomic E-state index is 12.3. The minimum atomic E-state index is -0.308. The van der Waals surface area contributed by atoms with Crippen LogP contribution in [0.25, 0.3) is 10.9 Å². The predicted octanol–water partition coefficient (Wildman–Crippen LogP) is 3.82. The largest absolute Gasteiger partial charge is 0.373 e. The molecule has 0 aliphatic carbocycles. The number of H-pyrrole nitrogens is 1. The van der Waals surface area contributed by atoms with Crippen molar-refractivity contribution in [1.82, 2.24) is 20.5 Å². The average molecular weight is 394 g/mol. The minimum absolute atomic E-state index is 0.110. The van der Waals surface area contributed by atoms with Gasteiger partial charge in [0.15, 0.2) is 5.82 Å². The second kappa shape index (κ2) is 8.08. The number of anilines is 2. The standard InChI is InChI=1S/C21H26N6O2/c1-12-9-17(14(3)29-12)24-20-16-11-22-19(10-18(16)26-27-20)25-21(28)23-13(2)15-7-5-4-6-8-15/h4-8,10-14,17H,9H2,1-3H3,(H2,24,26,27)(H2,22,23,25,28). The van der Waals surface area contributed by atoms with Gasteiger partial charge in [0.2, 0.25) is 0 Å². The molecule has 3 heterocycles. The van der Waals surface area contributed by atoms with Crippen LogP contribution in [0.5, 0.6) is 0 Å². The smallest absolute Gasteiger partial charge is 0.320 e. The Morgan fingerprint density at radius 3 is 2.79 bits per heavy atom. The quantitative estimate of drug-likeness (QED) is 0.527. The lowest BCUT2D eigenvalue weighted by molar-refractivity contribution is 0.0650. The molecule has 4 atom stereocenters. The minimum Gasteiger partial charge on any atom is -0.373 e. The van der Waals surface area contributed by atoms with Gasteiger partial charge in [-0.3, -0.25) is 10.4 Å². The molecule has 0 saturated carbocycles. The van der Waals surface area contributed by atoms with Crippen molar-refractivity contribution < 1.29 is 9.53 Å². The second-order valence-corrected chi connectivity index (χ2v) is 7.56. The second-order valence-electron chi connectivity index (χ2n) is 7.56. The van der Waals surface area contributed by atoms with Crippen LogP contribution >= 0.6 is 0 Å². The molecule has 8 nitrogen and oxygen atoms in total. The third kappa shape index (κ3) is 4.32. The van der Waals surface area contributed by atoms with Crippen LogP contribution in [-0.4, -0.2) is 39.5 Å². The van der Waals surface area contributed by atoms with Gasteiger partial charge in [-0.05, 0) is 32.8 Å². The summed E-state index contributed by atoms with van der Waals surface area (Å²) < 4.78 is 5.79. The fraction of sp³-hybridized carbons (Fsp3) is 0.381. The molecule has 152 valence electrons. The predicted molar refractivity (Wildman–Crippen MR) is 113 cm³/mol. The number of ether oxygens (including phenoxy) is 1. The molecule has 29 heavy (non-hydrogen) atoms. The van der Waals surface area contributed by atoms with E-state index in [9.17, 15) is 4.79 Å². The number of nitrogens with zero attached hydrogens (tertiary/aromatic N) is 2. The van der Waals surface area contributed by atoms with Crippen LogP contribution in [0.1, 0.15) is 38.8 Å². The number of hydrogen-bond donors (Lipinski definition) is 4. The number of pyridine rings is 1. The summed E-state index contributed by atoms with van der Waals surface area (Å²) in [6.07, 6.45) is 3.00. The first-order valence-electron chi connectivity index (χ1n) is 9.88. The van der Waals surface area contributed by atoms with Crippen LogP contribution in [0.15, 0.2) is 42.6 Å². The summed E-state index contributed by atoms with van der Waals surface area (Å²) in [4.78, 5) is 16.7. The van der Waals surface area contributed by atoms with E-state index in [0.717, 1.165) is 28.7 Å². The van der Waals surface area contributed by atoms with E-state index in [4.69, 9.17) is 4.74 Å². The van der Waals surface area contributed by atoms with Gasteiger partial charge in [-0.2, -0.15) is 5.10 Å². The summed E-state index contributed by atoms with van der Waals surface area (Å²) in [6.45, 7) is 6.07. The lowest BCUT2D eigenvalue weighted by Gasteiger charge is -2.15. The summed E-state index contributed by atoms with van der Waals surface area (Å²) in [5.41, 5.74) is 1.84. The monoisotopic (exact) mass is 394 g/mol. The number of nitrogens with one attached hydrogen (secondary N) is 4. The lowest BCUT2D eigenvalue weighted by atomic mass is 10.1. The SMILES string of the molecule is CC1CC(Nc2n[nH]c3cc(NC(=O)NC(C)c4ccccc4)ncc23)C(C)O1. The third-order valence-corrected chi connectivity index (χ3v) is 5.26. The average Bonchev–Trinajstić information content (AvgIpc) is 3.24. The molecule has 0 spiro atoms. The number of benzene rings is 1. The van der Waals surface area contributed by atoms with Gasteiger partial charge < -0.3 is 15.4 Å². The lowest BCUT2D eigenvalue weighted by Crippen LogP contribution is -2.31. The molecular formula is C21H26N6O2. The molecular weight excluding hydrogens is 368 g/mol. The summed E-state index contributed by atoms with van der Waals surface area (Å²) in [6, 6.07) is 11.4. The Morgan fingerprint density at radius 1 is 1.28 bits per heavy atom. The van der Waals surface area contributed by atoms with Crippen LogP contribution < -0.4 is 16.0 Å². The Hall–Kier alpha value is -3.13. The molecule has 1 fully saturated rings. The molecule has 4 unspecified atom stereocenters. The number of hydrogen-bond acceptors (Lipinski definition) is 5. The molecule has 3 aromatic rings. The van der Waals surface area contributed by atoms with E-state index in [0.29, 0.717) is 5.82 Å². The van der Waals surface area contributed by atoms with E-state index in [1.54, 1.807) is 12.3 Å². The van der Waals surface area contributed by atoms with Crippen molar-refractivity contribution >= 4 is 28.6 Å². The van der Waals surface area contributed by atoms with Gasteiger partial charge in [0.25, 0.3) is 0 Å². The van der Waals surface area contributed by atoms with E-state index >= 15 is 0 Å². The number of amides is 2. The molecule has 1 aliphatic rings. The molecule has 1 aliphatic heterocycles. The number of aromatic amines is 1. The number of urea groups is 1. The van der Waals surface area contributed by atoms with Crippen molar-refractivity contribution in [2.45, 2.75) is 51.5 Å². The molecule has 4 N–H and O–H groups in total. The highest BCUT2D eigenvalue weighted by Gasteiger charge is 2.30. The Balaban J connectivity index is 1.41.